The molecule has 98 valence electrons. The van der Waals surface area contributed by atoms with Crippen LogP contribution in [0.2, 0.25) is 0 Å². The van der Waals surface area contributed by atoms with Gasteiger partial charge in [-0.25, -0.2) is 14.6 Å². The van der Waals surface area contributed by atoms with Crippen molar-refractivity contribution in [3.8, 4) is 0 Å². The second-order valence-electron chi connectivity index (χ2n) is 2.97. The zero-order chi connectivity index (χ0) is 13.5. The lowest BCUT2D eigenvalue weighted by Crippen LogP contribution is -2.13. The van der Waals surface area contributed by atoms with Crippen LogP contribution in [0.15, 0.2) is 16.6 Å². The molecule has 0 saturated heterocycles. The van der Waals surface area contributed by atoms with E-state index < -0.39 is 11.9 Å². The molecule has 0 unspecified atom stereocenters. The summed E-state index contributed by atoms with van der Waals surface area (Å²) >= 11 is 5.28. The Balaban J connectivity index is 2.84. The third-order valence-corrected chi connectivity index (χ3v) is 4.11. The van der Waals surface area contributed by atoms with Crippen LogP contribution in [-0.2, 0) is 9.47 Å². The van der Waals surface area contributed by atoms with Crippen LogP contribution in [0, 0.1) is 0 Å². The number of hydrogen-bond acceptors (Lipinski definition) is 6. The molecule has 0 fully saturated rings. The van der Waals surface area contributed by atoms with E-state index in [1.54, 1.807) is 15.0 Å². The number of hydrogen-bond donors (Lipinski definition) is 0. The molecule has 18 heavy (non-hydrogen) atoms. The monoisotopic (exact) mass is 445 g/mol. The van der Waals surface area contributed by atoms with Crippen LogP contribution in [0.25, 0.3) is 0 Å². The first-order chi connectivity index (χ1) is 8.60. The first kappa shape index (κ1) is 15.7. The number of nitrogens with zero attached hydrogens (tertiary/aromatic N) is 1. The summed E-state index contributed by atoms with van der Waals surface area (Å²) < 4.78 is 10.0. The Morgan fingerprint density at radius 2 is 2.17 bits per heavy atom. The average Bonchev–Trinajstić information content (AvgIpc) is 2.38. The van der Waals surface area contributed by atoms with Crippen molar-refractivity contribution in [2.45, 2.75) is 0 Å². The average molecular weight is 446 g/mol. The van der Waals surface area contributed by atoms with Crippen LogP contribution in [0.3, 0.4) is 0 Å². The summed E-state index contributed by atoms with van der Waals surface area (Å²) in [6.07, 6.45) is 0. The van der Waals surface area contributed by atoms with Gasteiger partial charge in [0.2, 0.25) is 0 Å². The van der Waals surface area contributed by atoms with Crippen LogP contribution in [0.1, 0.15) is 21.0 Å². The van der Waals surface area contributed by atoms with Crippen LogP contribution < -0.4 is 0 Å². The molecule has 0 N–H and O–H groups in total. The summed E-state index contributed by atoms with van der Waals surface area (Å²) in [5, 5.41) is 0. The lowest BCUT2D eigenvalue weighted by molar-refractivity contribution is 0.0522. The Morgan fingerprint density at radius 1 is 1.44 bits per heavy atom. The first-order valence-electron chi connectivity index (χ1n) is 4.75. The van der Waals surface area contributed by atoms with Gasteiger partial charge in [0.25, 0.3) is 0 Å². The van der Waals surface area contributed by atoms with Crippen molar-refractivity contribution >= 4 is 58.0 Å². The number of ether oxygens (including phenoxy) is 2. The molecular weight excluding hydrogens is 437 g/mol. The van der Waals surface area contributed by atoms with Crippen molar-refractivity contribution in [3.05, 3.63) is 28.0 Å². The molecule has 1 aromatic heterocycles. The quantitative estimate of drug-likeness (QED) is 0.394. The van der Waals surface area contributed by atoms with E-state index in [9.17, 15) is 9.59 Å². The number of carbonyl (C=O) groups is 2. The number of aromatic nitrogens is 1. The van der Waals surface area contributed by atoms with E-state index in [0.717, 1.165) is 0 Å². The van der Waals surface area contributed by atoms with E-state index in [1.165, 1.54) is 13.2 Å². The molecule has 0 aliphatic heterocycles. The Bertz CT molecular complexity index is 458. The first-order valence-corrected chi connectivity index (χ1v) is 9.07. The molecule has 0 atom stereocenters. The predicted octanol–water partition coefficient (Wildman–Crippen LogP) is 2.87. The van der Waals surface area contributed by atoms with Crippen LogP contribution in [0.4, 0.5) is 0 Å². The van der Waals surface area contributed by atoms with Gasteiger partial charge in [0, 0.05) is 5.75 Å². The smallest absolute Gasteiger partial charge is 0.357 e. The molecule has 0 bridgehead atoms. The molecule has 0 spiro atoms. The van der Waals surface area contributed by atoms with E-state index in [-0.39, 0.29) is 11.4 Å². The SMILES string of the molecule is COC(=O)c1nc(C(=O)OCCSI)ccc1Br. The summed E-state index contributed by atoms with van der Waals surface area (Å²) in [5.74, 6) is -0.468. The van der Waals surface area contributed by atoms with Gasteiger partial charge in [0.15, 0.2) is 5.69 Å². The van der Waals surface area contributed by atoms with Crippen LogP contribution in [-0.4, -0.2) is 36.4 Å². The van der Waals surface area contributed by atoms with Crippen molar-refractivity contribution in [2.24, 2.45) is 0 Å². The highest BCUT2D eigenvalue weighted by molar-refractivity contribution is 14.2. The van der Waals surface area contributed by atoms with E-state index in [4.69, 9.17) is 4.74 Å². The van der Waals surface area contributed by atoms with E-state index in [0.29, 0.717) is 16.8 Å². The molecule has 0 radical (unpaired) electrons. The van der Waals surface area contributed by atoms with Gasteiger partial charge in [-0.3, -0.25) is 0 Å². The van der Waals surface area contributed by atoms with Gasteiger partial charge in [0.05, 0.1) is 11.6 Å². The summed E-state index contributed by atoms with van der Waals surface area (Å²) in [4.78, 5) is 26.9. The fourth-order valence-electron chi connectivity index (χ4n) is 1.04. The molecule has 1 rings (SSSR count). The molecule has 0 saturated carbocycles. The second-order valence-corrected chi connectivity index (χ2v) is 6.32. The van der Waals surface area contributed by atoms with Gasteiger partial charge >= 0.3 is 11.9 Å². The maximum Gasteiger partial charge on any atom is 0.357 e. The lowest BCUT2D eigenvalue weighted by Gasteiger charge is -2.05. The normalized spacial score (nSPS) is 9.94. The lowest BCUT2D eigenvalue weighted by atomic mass is 10.3. The number of carbonyl (C=O) groups excluding carboxylic acids is 2. The molecule has 0 amide bonds. The fourth-order valence-corrected chi connectivity index (χ4v) is 2.10. The topological polar surface area (TPSA) is 65.5 Å². The maximum absolute atomic E-state index is 11.6. The number of rotatable bonds is 5. The van der Waals surface area contributed by atoms with Gasteiger partial charge < -0.3 is 9.47 Å². The highest BCUT2D eigenvalue weighted by Gasteiger charge is 2.17. The van der Waals surface area contributed by atoms with Crippen molar-refractivity contribution < 1.29 is 19.1 Å². The Hall–Kier alpha value is -0.350. The molecular formula is C10H9BrINO4S. The predicted molar refractivity (Wildman–Crippen MR) is 80.0 cm³/mol. The van der Waals surface area contributed by atoms with Crippen molar-refractivity contribution in [1.82, 2.24) is 4.98 Å². The van der Waals surface area contributed by atoms with Gasteiger partial charge in [-0.05, 0) is 49.3 Å². The maximum atomic E-state index is 11.6. The Kier molecular flexibility index (Phi) is 6.94. The number of methoxy groups -OCH3 is 1. The van der Waals surface area contributed by atoms with E-state index >= 15 is 0 Å². The Labute approximate surface area is 129 Å². The van der Waals surface area contributed by atoms with Gasteiger partial charge in [-0.2, -0.15) is 0 Å². The minimum absolute atomic E-state index is 0.0511. The molecule has 0 aliphatic rings. The highest BCUT2D eigenvalue weighted by Crippen LogP contribution is 2.16. The van der Waals surface area contributed by atoms with Crippen molar-refractivity contribution in [3.63, 3.8) is 0 Å². The summed E-state index contributed by atoms with van der Waals surface area (Å²) in [6.45, 7) is 0.303. The molecule has 0 aliphatic carbocycles. The number of halogens is 2. The zero-order valence-electron chi connectivity index (χ0n) is 9.31. The van der Waals surface area contributed by atoms with Crippen molar-refractivity contribution in [2.75, 3.05) is 19.5 Å². The Morgan fingerprint density at radius 3 is 2.78 bits per heavy atom. The zero-order valence-corrected chi connectivity index (χ0v) is 13.9. The van der Waals surface area contributed by atoms with Crippen LogP contribution in [0.5, 0.6) is 0 Å². The summed E-state index contributed by atoms with van der Waals surface area (Å²) in [6, 6.07) is 3.04. The minimum Gasteiger partial charge on any atom is -0.464 e. The molecule has 5 nitrogen and oxygen atoms in total. The molecule has 1 aromatic rings. The fraction of sp³-hybridized carbons (Fsp3) is 0.300. The third kappa shape index (κ3) is 4.39. The van der Waals surface area contributed by atoms with E-state index in [2.05, 4.69) is 46.9 Å². The number of pyridine rings is 1. The van der Waals surface area contributed by atoms with Crippen LogP contribution >= 0.6 is 46.1 Å². The minimum atomic E-state index is -0.612. The van der Waals surface area contributed by atoms with Gasteiger partial charge in [0.1, 0.15) is 12.3 Å². The third-order valence-electron chi connectivity index (χ3n) is 1.83. The summed E-state index contributed by atoms with van der Waals surface area (Å²) in [7, 11) is 2.79. The number of esters is 2. The largest absolute Gasteiger partial charge is 0.464 e. The summed E-state index contributed by atoms with van der Waals surface area (Å²) in [5.41, 5.74) is 0.132. The second kappa shape index (κ2) is 7.95. The standard InChI is InChI=1S/C10H9BrINO4S/c1-16-10(15)8-6(11)2-3-7(13-8)9(14)17-4-5-18-12/h2-3H,4-5H2,1H3. The van der Waals surface area contributed by atoms with E-state index in [1.807, 2.05) is 0 Å². The van der Waals surface area contributed by atoms with Gasteiger partial charge in [-0.15, -0.1) is 0 Å². The molecule has 1 heterocycles. The van der Waals surface area contributed by atoms with Gasteiger partial charge in [-0.1, -0.05) is 8.93 Å². The van der Waals surface area contributed by atoms with Crippen molar-refractivity contribution in [1.29, 1.82) is 0 Å². The molecule has 8 heteroatoms. The highest BCUT2D eigenvalue weighted by atomic mass is 127. The molecule has 0 aromatic carbocycles.